The summed E-state index contributed by atoms with van der Waals surface area (Å²) in [6.07, 6.45) is -0.00696. The van der Waals surface area contributed by atoms with Crippen LogP contribution in [0.2, 0.25) is 0 Å². The summed E-state index contributed by atoms with van der Waals surface area (Å²) >= 11 is 0. The van der Waals surface area contributed by atoms with Crippen LogP contribution in [0.4, 0.5) is 11.4 Å². The molecule has 2 aromatic carbocycles. The van der Waals surface area contributed by atoms with E-state index in [1.54, 1.807) is 19.1 Å². The number of carbonyl (C=O) groups is 2. The molecule has 2 amide bonds. The van der Waals surface area contributed by atoms with Crippen molar-refractivity contribution < 1.29 is 14.5 Å². The number of carbonyl (C=O) groups excluding carboxylic acids is 2. The fourth-order valence-electron chi connectivity index (χ4n) is 2.50. The number of anilines is 1. The van der Waals surface area contributed by atoms with E-state index in [2.05, 4.69) is 15.8 Å². The largest absolute Gasteiger partial charge is 0.326 e. The number of nitrogens with zero attached hydrogens (tertiary/aromatic N) is 2. The van der Waals surface area contributed by atoms with Crippen molar-refractivity contribution in [2.75, 3.05) is 5.32 Å². The number of nitrogens with one attached hydrogen (secondary N) is 2. The Morgan fingerprint density at radius 2 is 1.79 bits per heavy atom. The highest BCUT2D eigenvalue weighted by atomic mass is 16.6. The maximum Gasteiger partial charge on any atom is 0.270 e. The van der Waals surface area contributed by atoms with Gasteiger partial charge in [-0.25, -0.2) is 5.43 Å². The van der Waals surface area contributed by atoms with Crippen molar-refractivity contribution in [1.82, 2.24) is 5.43 Å². The van der Waals surface area contributed by atoms with Gasteiger partial charge in [0.2, 0.25) is 11.8 Å². The number of nitro benzene ring substituents is 1. The van der Waals surface area contributed by atoms with Gasteiger partial charge in [0.25, 0.3) is 5.69 Å². The van der Waals surface area contributed by atoms with Crippen molar-refractivity contribution in [3.63, 3.8) is 0 Å². The Hall–Kier alpha value is -3.55. The number of aryl methyl sites for hydroxylation is 2. The van der Waals surface area contributed by atoms with Gasteiger partial charge in [0, 0.05) is 36.2 Å². The van der Waals surface area contributed by atoms with E-state index < -0.39 is 10.8 Å². The molecule has 2 N–H and O–H groups in total. The lowest BCUT2D eigenvalue weighted by atomic mass is 10.1. The standard InChI is InChI=1S/C20H22N4O4/c1-13-7-8-18(14(2)11-13)21-19(25)9-10-20(26)23-22-15(3)16-5-4-6-17(12-16)24(27)28/h4-8,11-12H,9-10H2,1-3H3,(H,21,25)(H,23,26). The molecule has 0 aliphatic heterocycles. The first-order chi connectivity index (χ1) is 13.3. The summed E-state index contributed by atoms with van der Waals surface area (Å²) in [6.45, 7) is 5.51. The zero-order chi connectivity index (χ0) is 20.7. The van der Waals surface area contributed by atoms with Gasteiger partial charge in [0.1, 0.15) is 0 Å². The molecular weight excluding hydrogens is 360 g/mol. The van der Waals surface area contributed by atoms with Crippen LogP contribution in [-0.4, -0.2) is 22.4 Å². The van der Waals surface area contributed by atoms with E-state index in [-0.39, 0.29) is 24.4 Å². The number of hydrazone groups is 1. The highest BCUT2D eigenvalue weighted by Crippen LogP contribution is 2.16. The van der Waals surface area contributed by atoms with Gasteiger partial charge in [0.05, 0.1) is 10.6 Å². The maximum atomic E-state index is 12.0. The predicted octanol–water partition coefficient (Wildman–Crippen LogP) is 3.47. The number of amides is 2. The second kappa shape index (κ2) is 9.40. The summed E-state index contributed by atoms with van der Waals surface area (Å²) in [7, 11) is 0. The van der Waals surface area contributed by atoms with E-state index in [0.717, 1.165) is 16.8 Å². The Labute approximate surface area is 162 Å². The molecule has 0 spiro atoms. The van der Waals surface area contributed by atoms with Crippen molar-refractivity contribution >= 4 is 28.9 Å². The monoisotopic (exact) mass is 382 g/mol. The van der Waals surface area contributed by atoms with Crippen molar-refractivity contribution in [2.45, 2.75) is 33.6 Å². The van der Waals surface area contributed by atoms with Crippen LogP contribution in [0.5, 0.6) is 0 Å². The Morgan fingerprint density at radius 1 is 1.07 bits per heavy atom. The summed E-state index contributed by atoms with van der Waals surface area (Å²) < 4.78 is 0. The second-order valence-electron chi connectivity index (χ2n) is 6.41. The molecule has 0 radical (unpaired) electrons. The second-order valence-corrected chi connectivity index (χ2v) is 6.41. The van der Waals surface area contributed by atoms with Gasteiger partial charge in [-0.15, -0.1) is 0 Å². The molecule has 0 aliphatic carbocycles. The molecule has 0 saturated carbocycles. The summed E-state index contributed by atoms with van der Waals surface area (Å²) in [5.74, 6) is -0.679. The van der Waals surface area contributed by atoms with E-state index in [1.165, 1.54) is 12.1 Å². The minimum Gasteiger partial charge on any atom is -0.326 e. The van der Waals surface area contributed by atoms with Crippen LogP contribution in [0, 0.1) is 24.0 Å². The number of hydrogen-bond donors (Lipinski definition) is 2. The molecular formula is C20H22N4O4. The third-order valence-electron chi connectivity index (χ3n) is 4.06. The first kappa shape index (κ1) is 20.8. The average Bonchev–Trinajstić information content (AvgIpc) is 2.66. The quantitative estimate of drug-likeness (QED) is 0.433. The van der Waals surface area contributed by atoms with Gasteiger partial charge in [0.15, 0.2) is 0 Å². The molecule has 146 valence electrons. The van der Waals surface area contributed by atoms with Crippen LogP contribution >= 0.6 is 0 Å². The molecule has 2 aromatic rings. The predicted molar refractivity (Wildman–Crippen MR) is 107 cm³/mol. The minimum absolute atomic E-state index is 0.0184. The van der Waals surface area contributed by atoms with Gasteiger partial charge in [-0.2, -0.15) is 5.10 Å². The van der Waals surface area contributed by atoms with Crippen molar-refractivity contribution in [2.24, 2.45) is 5.10 Å². The number of benzene rings is 2. The van der Waals surface area contributed by atoms with Crippen LogP contribution in [0.25, 0.3) is 0 Å². The number of hydrogen-bond acceptors (Lipinski definition) is 5. The topological polar surface area (TPSA) is 114 Å². The first-order valence-corrected chi connectivity index (χ1v) is 8.71. The number of nitro groups is 1. The van der Waals surface area contributed by atoms with Gasteiger partial charge in [-0.05, 0) is 32.4 Å². The van der Waals surface area contributed by atoms with Crippen molar-refractivity contribution in [3.05, 3.63) is 69.3 Å². The van der Waals surface area contributed by atoms with E-state index >= 15 is 0 Å². The smallest absolute Gasteiger partial charge is 0.270 e. The third-order valence-corrected chi connectivity index (χ3v) is 4.06. The molecule has 2 rings (SSSR count). The lowest BCUT2D eigenvalue weighted by Crippen LogP contribution is -2.22. The SMILES string of the molecule is CC(=NNC(=O)CCC(=O)Nc1ccc(C)cc1C)c1cccc([N+](=O)[O-])c1. The molecule has 0 saturated heterocycles. The fourth-order valence-corrected chi connectivity index (χ4v) is 2.50. The average molecular weight is 382 g/mol. The van der Waals surface area contributed by atoms with Crippen molar-refractivity contribution in [1.29, 1.82) is 0 Å². The maximum absolute atomic E-state index is 12.0. The van der Waals surface area contributed by atoms with Crippen LogP contribution in [0.15, 0.2) is 47.6 Å². The summed E-state index contributed by atoms with van der Waals surface area (Å²) in [5.41, 5.74) is 6.05. The molecule has 0 atom stereocenters. The molecule has 0 aromatic heterocycles. The lowest BCUT2D eigenvalue weighted by Gasteiger charge is -2.09. The van der Waals surface area contributed by atoms with Gasteiger partial charge < -0.3 is 5.32 Å². The molecule has 0 bridgehead atoms. The molecule has 8 heteroatoms. The highest BCUT2D eigenvalue weighted by Gasteiger charge is 2.10. The van der Waals surface area contributed by atoms with Crippen LogP contribution in [-0.2, 0) is 9.59 Å². The first-order valence-electron chi connectivity index (χ1n) is 8.71. The van der Waals surface area contributed by atoms with Gasteiger partial charge >= 0.3 is 0 Å². The summed E-state index contributed by atoms with van der Waals surface area (Å²) in [6, 6.07) is 11.7. The molecule has 0 aliphatic rings. The Bertz CT molecular complexity index is 938. The molecule has 0 fully saturated rings. The van der Waals surface area contributed by atoms with Gasteiger partial charge in [-0.3, -0.25) is 19.7 Å². The molecule has 0 unspecified atom stereocenters. The van der Waals surface area contributed by atoms with E-state index in [4.69, 9.17) is 0 Å². The molecule has 0 heterocycles. The highest BCUT2D eigenvalue weighted by molar-refractivity contribution is 6.00. The van der Waals surface area contributed by atoms with E-state index in [9.17, 15) is 19.7 Å². The molecule has 8 nitrogen and oxygen atoms in total. The van der Waals surface area contributed by atoms with E-state index in [0.29, 0.717) is 11.3 Å². The Kier molecular flexibility index (Phi) is 6.97. The normalized spacial score (nSPS) is 11.0. The van der Waals surface area contributed by atoms with Gasteiger partial charge in [-0.1, -0.05) is 29.8 Å². The molecule has 28 heavy (non-hydrogen) atoms. The zero-order valence-corrected chi connectivity index (χ0v) is 16.0. The Morgan fingerprint density at radius 3 is 2.46 bits per heavy atom. The summed E-state index contributed by atoms with van der Waals surface area (Å²) in [4.78, 5) is 34.3. The van der Waals surface area contributed by atoms with Crippen LogP contribution in [0.3, 0.4) is 0 Å². The van der Waals surface area contributed by atoms with Crippen molar-refractivity contribution in [3.8, 4) is 0 Å². The zero-order valence-electron chi connectivity index (χ0n) is 16.0. The Balaban J connectivity index is 1.86. The number of non-ortho nitro benzene ring substituents is 1. The fraction of sp³-hybridized carbons (Fsp3) is 0.250. The summed E-state index contributed by atoms with van der Waals surface area (Å²) in [5, 5.41) is 17.5. The van der Waals surface area contributed by atoms with Crippen LogP contribution in [0.1, 0.15) is 36.5 Å². The van der Waals surface area contributed by atoms with E-state index in [1.807, 2.05) is 32.0 Å². The minimum atomic E-state index is -0.496. The number of rotatable bonds is 7. The van der Waals surface area contributed by atoms with Crippen LogP contribution < -0.4 is 10.7 Å². The third kappa shape index (κ3) is 6.01. The lowest BCUT2D eigenvalue weighted by molar-refractivity contribution is -0.384.